The number of alkyl halides is 2. The zero-order valence-corrected chi connectivity index (χ0v) is 11.2. The third-order valence-corrected chi connectivity index (χ3v) is 2.42. The molecular formula is C14H19F2NO2. The van der Waals surface area contributed by atoms with E-state index in [1.165, 1.54) is 7.11 Å². The summed E-state index contributed by atoms with van der Waals surface area (Å²) in [6.07, 6.45) is 4.65. The molecule has 0 aliphatic rings. The van der Waals surface area contributed by atoms with Crippen molar-refractivity contribution in [1.82, 2.24) is 5.32 Å². The van der Waals surface area contributed by atoms with Crippen LogP contribution in [0.5, 0.6) is 11.5 Å². The van der Waals surface area contributed by atoms with Gasteiger partial charge in [-0.2, -0.15) is 8.78 Å². The van der Waals surface area contributed by atoms with Crippen LogP contribution in [0.2, 0.25) is 0 Å². The first-order valence-electron chi connectivity index (χ1n) is 6.18. The Morgan fingerprint density at radius 3 is 2.79 bits per heavy atom. The minimum atomic E-state index is -2.87. The molecule has 0 saturated heterocycles. The fourth-order valence-electron chi connectivity index (χ4n) is 1.59. The van der Waals surface area contributed by atoms with E-state index in [0.717, 1.165) is 13.0 Å². The van der Waals surface area contributed by atoms with Gasteiger partial charge in [-0.05, 0) is 19.0 Å². The van der Waals surface area contributed by atoms with Gasteiger partial charge in [-0.1, -0.05) is 31.2 Å². The van der Waals surface area contributed by atoms with Crippen LogP contribution in [-0.2, 0) is 0 Å². The van der Waals surface area contributed by atoms with E-state index >= 15 is 0 Å². The molecule has 19 heavy (non-hydrogen) atoms. The molecule has 0 fully saturated rings. The molecule has 106 valence electrons. The van der Waals surface area contributed by atoms with E-state index in [1.54, 1.807) is 24.3 Å². The fourth-order valence-corrected chi connectivity index (χ4v) is 1.59. The third-order valence-electron chi connectivity index (χ3n) is 2.42. The lowest BCUT2D eigenvalue weighted by atomic mass is 10.1. The van der Waals surface area contributed by atoms with E-state index < -0.39 is 6.61 Å². The number of hydrogen-bond acceptors (Lipinski definition) is 3. The van der Waals surface area contributed by atoms with Gasteiger partial charge in [0, 0.05) is 12.1 Å². The average molecular weight is 271 g/mol. The van der Waals surface area contributed by atoms with Crippen LogP contribution in [0.3, 0.4) is 0 Å². The highest BCUT2D eigenvalue weighted by atomic mass is 19.3. The molecule has 0 radical (unpaired) electrons. The molecule has 0 heterocycles. The standard InChI is InChI=1S/C14H19F2NO2/c1-3-9-17-10-5-7-11-6-4-8-12(18-2)13(11)19-14(15)16/h4-8,14,17H,3,9-10H2,1-2H3. The van der Waals surface area contributed by atoms with Crippen molar-refractivity contribution in [3.8, 4) is 11.5 Å². The largest absolute Gasteiger partial charge is 0.493 e. The second kappa shape index (κ2) is 8.48. The predicted octanol–water partition coefficient (Wildman–Crippen LogP) is 3.31. The first kappa shape index (κ1) is 15.4. The quantitative estimate of drug-likeness (QED) is 0.736. The van der Waals surface area contributed by atoms with Crippen LogP contribution >= 0.6 is 0 Å². The Balaban J connectivity index is 2.80. The van der Waals surface area contributed by atoms with Gasteiger partial charge in [-0.15, -0.1) is 0 Å². The highest BCUT2D eigenvalue weighted by Gasteiger charge is 2.13. The lowest BCUT2D eigenvalue weighted by Gasteiger charge is -2.12. The molecule has 0 aromatic heterocycles. The number of para-hydroxylation sites is 1. The first-order valence-corrected chi connectivity index (χ1v) is 6.18. The molecule has 0 atom stereocenters. The summed E-state index contributed by atoms with van der Waals surface area (Å²) in [6.45, 7) is 0.803. The highest BCUT2D eigenvalue weighted by molar-refractivity contribution is 5.62. The van der Waals surface area contributed by atoms with Crippen LogP contribution in [0, 0.1) is 0 Å². The Kier molecular flexibility index (Phi) is 6.89. The zero-order valence-electron chi connectivity index (χ0n) is 11.2. The van der Waals surface area contributed by atoms with E-state index in [1.807, 2.05) is 6.08 Å². The molecule has 1 rings (SSSR count). The van der Waals surface area contributed by atoms with Crippen molar-refractivity contribution in [3.05, 3.63) is 29.8 Å². The normalized spacial score (nSPS) is 11.2. The molecule has 0 saturated carbocycles. The fraction of sp³-hybridized carbons (Fsp3) is 0.429. The van der Waals surface area contributed by atoms with Crippen LogP contribution in [0.25, 0.3) is 6.08 Å². The summed E-state index contributed by atoms with van der Waals surface area (Å²) in [5, 5.41) is 3.19. The molecule has 3 nitrogen and oxygen atoms in total. The number of hydrogen-bond donors (Lipinski definition) is 1. The Morgan fingerprint density at radius 2 is 2.16 bits per heavy atom. The predicted molar refractivity (Wildman–Crippen MR) is 71.8 cm³/mol. The van der Waals surface area contributed by atoms with E-state index in [4.69, 9.17) is 4.74 Å². The maximum atomic E-state index is 12.4. The average Bonchev–Trinajstić information content (AvgIpc) is 2.39. The number of rotatable bonds is 8. The lowest BCUT2D eigenvalue weighted by molar-refractivity contribution is -0.0513. The van der Waals surface area contributed by atoms with Crippen molar-refractivity contribution in [3.63, 3.8) is 0 Å². The molecule has 0 aliphatic carbocycles. The second-order valence-electron chi connectivity index (χ2n) is 3.86. The summed E-state index contributed by atoms with van der Waals surface area (Å²) < 4.78 is 34.3. The topological polar surface area (TPSA) is 30.5 Å². The number of benzene rings is 1. The van der Waals surface area contributed by atoms with Crippen LogP contribution in [0.1, 0.15) is 18.9 Å². The Hall–Kier alpha value is -1.62. The number of ether oxygens (including phenoxy) is 2. The lowest BCUT2D eigenvalue weighted by Crippen LogP contribution is -2.13. The van der Waals surface area contributed by atoms with Gasteiger partial charge in [-0.3, -0.25) is 0 Å². The maximum absolute atomic E-state index is 12.4. The molecule has 0 amide bonds. The summed E-state index contributed by atoms with van der Waals surface area (Å²) >= 11 is 0. The Bertz CT molecular complexity index is 408. The van der Waals surface area contributed by atoms with Gasteiger partial charge >= 0.3 is 6.61 Å². The minimum Gasteiger partial charge on any atom is -0.493 e. The van der Waals surface area contributed by atoms with Crippen molar-refractivity contribution in [1.29, 1.82) is 0 Å². The Labute approximate surface area is 112 Å². The van der Waals surface area contributed by atoms with Crippen molar-refractivity contribution < 1.29 is 18.3 Å². The SMILES string of the molecule is CCCNCC=Cc1cccc(OC)c1OC(F)F. The molecule has 0 spiro atoms. The molecule has 1 N–H and O–H groups in total. The second-order valence-corrected chi connectivity index (χ2v) is 3.86. The van der Waals surface area contributed by atoms with Gasteiger partial charge in [0.25, 0.3) is 0 Å². The maximum Gasteiger partial charge on any atom is 0.387 e. The molecule has 0 aliphatic heterocycles. The van der Waals surface area contributed by atoms with Gasteiger partial charge in [0.2, 0.25) is 0 Å². The number of nitrogens with one attached hydrogen (secondary N) is 1. The summed E-state index contributed by atoms with van der Waals surface area (Å²) in [7, 11) is 1.42. The monoisotopic (exact) mass is 271 g/mol. The smallest absolute Gasteiger partial charge is 0.387 e. The molecule has 0 unspecified atom stereocenters. The van der Waals surface area contributed by atoms with E-state index in [2.05, 4.69) is 17.0 Å². The summed E-state index contributed by atoms with van der Waals surface area (Å²) in [6, 6.07) is 5.03. The van der Waals surface area contributed by atoms with Crippen LogP contribution in [0.4, 0.5) is 8.78 Å². The van der Waals surface area contributed by atoms with Gasteiger partial charge < -0.3 is 14.8 Å². The molecule has 0 bridgehead atoms. The minimum absolute atomic E-state index is 0.0618. The first-order chi connectivity index (χ1) is 9.19. The number of methoxy groups -OCH3 is 1. The highest BCUT2D eigenvalue weighted by Crippen LogP contribution is 2.33. The Morgan fingerprint density at radius 1 is 1.37 bits per heavy atom. The van der Waals surface area contributed by atoms with Crippen molar-refractivity contribution in [2.24, 2.45) is 0 Å². The van der Waals surface area contributed by atoms with Crippen LogP contribution < -0.4 is 14.8 Å². The molecule has 5 heteroatoms. The van der Waals surface area contributed by atoms with Crippen molar-refractivity contribution in [2.45, 2.75) is 20.0 Å². The van der Waals surface area contributed by atoms with E-state index in [9.17, 15) is 8.78 Å². The third kappa shape index (κ3) is 5.26. The summed E-state index contributed by atoms with van der Waals surface area (Å²) in [4.78, 5) is 0. The molecule has 1 aromatic rings. The van der Waals surface area contributed by atoms with Gasteiger partial charge in [0.1, 0.15) is 0 Å². The van der Waals surface area contributed by atoms with Crippen LogP contribution in [0.15, 0.2) is 24.3 Å². The van der Waals surface area contributed by atoms with E-state index in [-0.39, 0.29) is 5.75 Å². The zero-order chi connectivity index (χ0) is 14.1. The molecule has 1 aromatic carbocycles. The van der Waals surface area contributed by atoms with Crippen molar-refractivity contribution >= 4 is 6.08 Å². The van der Waals surface area contributed by atoms with Gasteiger partial charge in [-0.25, -0.2) is 0 Å². The van der Waals surface area contributed by atoms with Crippen LogP contribution in [-0.4, -0.2) is 26.8 Å². The van der Waals surface area contributed by atoms with Crippen molar-refractivity contribution in [2.75, 3.05) is 20.2 Å². The number of halogens is 2. The summed E-state index contributed by atoms with van der Waals surface area (Å²) in [5.41, 5.74) is 0.568. The van der Waals surface area contributed by atoms with Gasteiger partial charge in [0.05, 0.1) is 7.11 Å². The molecular weight excluding hydrogens is 252 g/mol. The van der Waals surface area contributed by atoms with E-state index in [0.29, 0.717) is 17.9 Å². The summed E-state index contributed by atoms with van der Waals surface area (Å²) in [5.74, 6) is 0.357. The van der Waals surface area contributed by atoms with Gasteiger partial charge in [0.15, 0.2) is 11.5 Å².